The molecule has 3 aromatic rings. The van der Waals surface area contributed by atoms with Gasteiger partial charge in [-0.1, -0.05) is 11.6 Å². The molecule has 0 saturated heterocycles. The van der Waals surface area contributed by atoms with E-state index in [0.717, 1.165) is 10.9 Å². The number of phenolic OH excluding ortho intramolecular Hbond substituents is 1. The van der Waals surface area contributed by atoms with Gasteiger partial charge in [0.25, 0.3) is 5.91 Å². The number of fused-ring (bicyclic) bond motifs is 1. The summed E-state index contributed by atoms with van der Waals surface area (Å²) in [5.74, 6) is 0.300. The summed E-state index contributed by atoms with van der Waals surface area (Å²) in [7, 11) is 1.59. The van der Waals surface area contributed by atoms with Crippen molar-refractivity contribution in [3.63, 3.8) is 0 Å². The molecule has 0 aliphatic carbocycles. The number of nitrogens with one attached hydrogen (secondary N) is 2. The minimum atomic E-state index is -0.368. The number of anilines is 1. The highest BCUT2D eigenvalue weighted by atomic mass is 35.5. The molecule has 2 aromatic carbocycles. The lowest BCUT2D eigenvalue weighted by molar-refractivity contribution is 0.102. The number of aromatic hydroxyl groups is 1. The average molecular weight is 317 g/mol. The van der Waals surface area contributed by atoms with Crippen LogP contribution >= 0.6 is 11.6 Å². The molecule has 5 nitrogen and oxygen atoms in total. The van der Waals surface area contributed by atoms with E-state index in [9.17, 15) is 9.90 Å². The number of amides is 1. The normalized spacial score (nSPS) is 10.6. The number of carbonyl (C=O) groups is 1. The van der Waals surface area contributed by atoms with E-state index in [0.29, 0.717) is 16.5 Å². The zero-order valence-electron chi connectivity index (χ0n) is 11.7. The smallest absolute Gasteiger partial charge is 0.272 e. The van der Waals surface area contributed by atoms with Gasteiger partial charge in [-0.05, 0) is 42.5 Å². The van der Waals surface area contributed by atoms with Crippen molar-refractivity contribution < 1.29 is 14.6 Å². The van der Waals surface area contributed by atoms with Crippen molar-refractivity contribution in [1.82, 2.24) is 4.98 Å². The van der Waals surface area contributed by atoms with Crippen molar-refractivity contribution >= 4 is 34.1 Å². The molecule has 3 rings (SSSR count). The number of aromatic nitrogens is 1. The molecular weight excluding hydrogens is 304 g/mol. The van der Waals surface area contributed by atoms with Crippen molar-refractivity contribution in [2.24, 2.45) is 0 Å². The monoisotopic (exact) mass is 316 g/mol. The Labute approximate surface area is 131 Å². The molecule has 3 N–H and O–H groups in total. The molecule has 22 heavy (non-hydrogen) atoms. The molecule has 0 atom stereocenters. The van der Waals surface area contributed by atoms with Gasteiger partial charge < -0.3 is 20.1 Å². The standard InChI is InChI=1S/C16H13ClN2O3/c1-22-11-3-4-12-9(6-11)7-14(18-12)16(21)19-13-8-10(17)2-5-15(13)20/h2-8,18,20H,1H3,(H,19,21). The van der Waals surface area contributed by atoms with Crippen LogP contribution in [-0.4, -0.2) is 23.1 Å². The molecule has 1 amide bonds. The van der Waals surface area contributed by atoms with Crippen LogP contribution < -0.4 is 10.1 Å². The number of methoxy groups -OCH3 is 1. The van der Waals surface area contributed by atoms with Gasteiger partial charge in [-0.3, -0.25) is 4.79 Å². The quantitative estimate of drug-likeness (QED) is 0.644. The molecule has 0 aliphatic rings. The predicted molar refractivity (Wildman–Crippen MR) is 85.9 cm³/mol. The minimum Gasteiger partial charge on any atom is -0.506 e. The van der Waals surface area contributed by atoms with Gasteiger partial charge in [0.05, 0.1) is 12.8 Å². The van der Waals surface area contributed by atoms with Crippen molar-refractivity contribution in [1.29, 1.82) is 0 Å². The highest BCUT2D eigenvalue weighted by molar-refractivity contribution is 6.31. The van der Waals surface area contributed by atoms with Crippen LogP contribution in [0.4, 0.5) is 5.69 Å². The van der Waals surface area contributed by atoms with E-state index in [4.69, 9.17) is 16.3 Å². The van der Waals surface area contributed by atoms with Crippen molar-refractivity contribution in [2.45, 2.75) is 0 Å². The lowest BCUT2D eigenvalue weighted by atomic mass is 10.2. The third-order valence-electron chi connectivity index (χ3n) is 3.28. The zero-order chi connectivity index (χ0) is 15.7. The molecule has 112 valence electrons. The fourth-order valence-electron chi connectivity index (χ4n) is 2.16. The Morgan fingerprint density at radius 2 is 2.05 bits per heavy atom. The molecule has 1 aromatic heterocycles. The van der Waals surface area contributed by atoms with Crippen LogP contribution in [0.15, 0.2) is 42.5 Å². The van der Waals surface area contributed by atoms with Gasteiger partial charge in [0.15, 0.2) is 0 Å². The van der Waals surface area contributed by atoms with Crippen molar-refractivity contribution in [2.75, 3.05) is 12.4 Å². The van der Waals surface area contributed by atoms with Gasteiger partial charge in [0, 0.05) is 15.9 Å². The Bertz CT molecular complexity index is 858. The Hall–Kier alpha value is -2.66. The topological polar surface area (TPSA) is 74.4 Å². The molecule has 0 bridgehead atoms. The summed E-state index contributed by atoms with van der Waals surface area (Å²) >= 11 is 5.86. The van der Waals surface area contributed by atoms with Gasteiger partial charge in [-0.15, -0.1) is 0 Å². The number of aromatic amines is 1. The second kappa shape index (κ2) is 5.61. The van der Waals surface area contributed by atoms with Gasteiger partial charge in [-0.25, -0.2) is 0 Å². The zero-order valence-corrected chi connectivity index (χ0v) is 12.4. The summed E-state index contributed by atoms with van der Waals surface area (Å²) in [6.45, 7) is 0. The van der Waals surface area contributed by atoms with Gasteiger partial charge in [0.2, 0.25) is 0 Å². The van der Waals surface area contributed by atoms with Crippen molar-refractivity contribution in [3.05, 3.63) is 53.2 Å². The minimum absolute atomic E-state index is 0.0458. The summed E-state index contributed by atoms with van der Waals surface area (Å²) in [6, 6.07) is 11.6. The molecule has 0 unspecified atom stereocenters. The summed E-state index contributed by atoms with van der Waals surface area (Å²) < 4.78 is 5.15. The number of carbonyl (C=O) groups excluding carboxylic acids is 1. The maximum absolute atomic E-state index is 12.3. The number of H-pyrrole nitrogens is 1. The van der Waals surface area contributed by atoms with E-state index < -0.39 is 0 Å². The molecule has 0 fully saturated rings. The fourth-order valence-corrected chi connectivity index (χ4v) is 2.33. The number of hydrogen-bond donors (Lipinski definition) is 3. The lowest BCUT2D eigenvalue weighted by Crippen LogP contribution is -2.12. The molecule has 6 heteroatoms. The molecule has 0 spiro atoms. The first kappa shape index (κ1) is 14.3. The second-order valence-corrected chi connectivity index (χ2v) is 5.19. The number of ether oxygens (including phenoxy) is 1. The Balaban J connectivity index is 1.90. The van der Waals surface area contributed by atoms with Crippen LogP contribution in [0.3, 0.4) is 0 Å². The third kappa shape index (κ3) is 2.71. The summed E-state index contributed by atoms with van der Waals surface area (Å²) in [5.41, 5.74) is 1.46. The van der Waals surface area contributed by atoms with E-state index in [-0.39, 0.29) is 17.3 Å². The molecule has 0 aliphatic heterocycles. The lowest BCUT2D eigenvalue weighted by Gasteiger charge is -2.06. The maximum atomic E-state index is 12.3. The van der Waals surface area contributed by atoms with E-state index >= 15 is 0 Å². The number of rotatable bonds is 3. The molecule has 0 saturated carbocycles. The average Bonchev–Trinajstić information content (AvgIpc) is 2.94. The molecular formula is C16H13ClN2O3. The number of benzene rings is 2. The van der Waals surface area contributed by atoms with E-state index in [1.54, 1.807) is 19.2 Å². The van der Waals surface area contributed by atoms with E-state index in [1.165, 1.54) is 12.1 Å². The van der Waals surface area contributed by atoms with Crippen LogP contribution in [0.2, 0.25) is 5.02 Å². The SMILES string of the molecule is COc1ccc2[nH]c(C(=O)Nc3cc(Cl)ccc3O)cc2c1. The first-order valence-electron chi connectivity index (χ1n) is 6.53. The van der Waals surface area contributed by atoms with Crippen LogP contribution in [-0.2, 0) is 0 Å². The Morgan fingerprint density at radius 1 is 1.23 bits per heavy atom. The largest absolute Gasteiger partial charge is 0.506 e. The third-order valence-corrected chi connectivity index (χ3v) is 3.51. The number of phenols is 1. The summed E-state index contributed by atoms with van der Waals surface area (Å²) in [5, 5.41) is 13.6. The number of hydrogen-bond acceptors (Lipinski definition) is 3. The molecule has 1 heterocycles. The van der Waals surface area contributed by atoms with Crippen LogP contribution in [0.5, 0.6) is 11.5 Å². The van der Waals surface area contributed by atoms with Gasteiger partial charge in [0.1, 0.15) is 17.2 Å². The van der Waals surface area contributed by atoms with Crippen molar-refractivity contribution in [3.8, 4) is 11.5 Å². The first-order valence-corrected chi connectivity index (χ1v) is 6.91. The predicted octanol–water partition coefficient (Wildman–Crippen LogP) is 3.79. The maximum Gasteiger partial charge on any atom is 0.272 e. The highest BCUT2D eigenvalue weighted by Gasteiger charge is 2.12. The first-order chi connectivity index (χ1) is 10.6. The van der Waals surface area contributed by atoms with Crippen LogP contribution in [0, 0.1) is 0 Å². The number of halogens is 1. The van der Waals surface area contributed by atoms with Gasteiger partial charge in [-0.2, -0.15) is 0 Å². The van der Waals surface area contributed by atoms with E-state index in [1.807, 2.05) is 18.2 Å². The highest BCUT2D eigenvalue weighted by Crippen LogP contribution is 2.27. The fraction of sp³-hybridized carbons (Fsp3) is 0.0625. The van der Waals surface area contributed by atoms with Crippen LogP contribution in [0.1, 0.15) is 10.5 Å². The Morgan fingerprint density at radius 3 is 2.82 bits per heavy atom. The second-order valence-electron chi connectivity index (χ2n) is 4.75. The molecule has 0 radical (unpaired) electrons. The van der Waals surface area contributed by atoms with Gasteiger partial charge >= 0.3 is 0 Å². The van der Waals surface area contributed by atoms with E-state index in [2.05, 4.69) is 10.3 Å². The van der Waals surface area contributed by atoms with Crippen LogP contribution in [0.25, 0.3) is 10.9 Å². The Kier molecular flexibility index (Phi) is 3.65. The summed E-state index contributed by atoms with van der Waals surface area (Å²) in [6.07, 6.45) is 0. The summed E-state index contributed by atoms with van der Waals surface area (Å²) in [4.78, 5) is 15.3.